The standard InChI is InChI=1S/C13H14ClN5O/c14-10-3-1-9(2-4-10)7-8-16-13(20)11-5-6-12(17-15)19-18-11/h1-6H,7-8,15H2,(H,16,20)(H,17,19). The van der Waals surface area contributed by atoms with E-state index < -0.39 is 0 Å². The fourth-order valence-corrected chi connectivity index (χ4v) is 1.72. The molecule has 7 heteroatoms. The van der Waals surface area contributed by atoms with Crippen LogP contribution in [0.5, 0.6) is 0 Å². The normalized spacial score (nSPS) is 10.1. The first kappa shape index (κ1) is 14.2. The summed E-state index contributed by atoms with van der Waals surface area (Å²) < 4.78 is 0. The number of nitrogen functional groups attached to an aromatic ring is 1. The minimum atomic E-state index is -0.268. The second kappa shape index (κ2) is 6.83. The molecule has 4 N–H and O–H groups in total. The Kier molecular flexibility index (Phi) is 4.86. The highest BCUT2D eigenvalue weighted by Crippen LogP contribution is 2.09. The van der Waals surface area contributed by atoms with Gasteiger partial charge in [-0.25, -0.2) is 5.84 Å². The Balaban J connectivity index is 1.83. The minimum Gasteiger partial charge on any atom is -0.350 e. The summed E-state index contributed by atoms with van der Waals surface area (Å²) in [6.07, 6.45) is 0.721. The quantitative estimate of drug-likeness (QED) is 0.572. The Morgan fingerprint density at radius 2 is 1.90 bits per heavy atom. The zero-order valence-corrected chi connectivity index (χ0v) is 11.4. The van der Waals surface area contributed by atoms with Crippen molar-refractivity contribution in [2.75, 3.05) is 12.0 Å². The van der Waals surface area contributed by atoms with E-state index in [2.05, 4.69) is 20.9 Å². The summed E-state index contributed by atoms with van der Waals surface area (Å²) in [5.41, 5.74) is 3.70. The highest BCUT2D eigenvalue weighted by molar-refractivity contribution is 6.30. The van der Waals surface area contributed by atoms with Crippen LogP contribution in [-0.2, 0) is 6.42 Å². The Bertz CT molecular complexity index is 570. The molecule has 0 radical (unpaired) electrons. The summed E-state index contributed by atoms with van der Waals surface area (Å²) >= 11 is 5.80. The summed E-state index contributed by atoms with van der Waals surface area (Å²) in [4.78, 5) is 11.8. The molecule has 0 saturated heterocycles. The number of hydrogen-bond acceptors (Lipinski definition) is 5. The number of amides is 1. The summed E-state index contributed by atoms with van der Waals surface area (Å²) in [6, 6.07) is 10.6. The molecule has 0 fully saturated rings. The van der Waals surface area contributed by atoms with Crippen molar-refractivity contribution >= 4 is 23.3 Å². The van der Waals surface area contributed by atoms with Gasteiger partial charge in [-0.05, 0) is 36.2 Å². The number of anilines is 1. The third-order valence-corrected chi connectivity index (χ3v) is 2.91. The van der Waals surface area contributed by atoms with Crippen LogP contribution in [0.3, 0.4) is 0 Å². The molecule has 104 valence electrons. The fraction of sp³-hybridized carbons (Fsp3) is 0.154. The van der Waals surface area contributed by atoms with Crippen LogP contribution in [-0.4, -0.2) is 22.6 Å². The van der Waals surface area contributed by atoms with Crippen molar-refractivity contribution < 1.29 is 4.79 Å². The second-order valence-corrected chi connectivity index (χ2v) is 4.52. The van der Waals surface area contributed by atoms with Crippen LogP contribution in [0.4, 0.5) is 5.82 Å². The van der Waals surface area contributed by atoms with Crippen molar-refractivity contribution in [3.05, 3.63) is 52.7 Å². The Hall–Kier alpha value is -2.18. The van der Waals surface area contributed by atoms with Crippen LogP contribution in [0.15, 0.2) is 36.4 Å². The van der Waals surface area contributed by atoms with E-state index in [1.165, 1.54) is 0 Å². The molecular weight excluding hydrogens is 278 g/mol. The molecule has 0 spiro atoms. The molecule has 6 nitrogen and oxygen atoms in total. The van der Waals surface area contributed by atoms with E-state index in [-0.39, 0.29) is 11.6 Å². The summed E-state index contributed by atoms with van der Waals surface area (Å²) in [6.45, 7) is 0.513. The molecule has 0 aliphatic carbocycles. The minimum absolute atomic E-state index is 0.250. The molecule has 0 aliphatic rings. The van der Waals surface area contributed by atoms with Gasteiger partial charge in [0.15, 0.2) is 11.5 Å². The first-order valence-electron chi connectivity index (χ1n) is 6.02. The number of halogens is 1. The summed E-state index contributed by atoms with van der Waals surface area (Å²) in [5, 5.41) is 11.0. The number of nitrogens with one attached hydrogen (secondary N) is 2. The summed E-state index contributed by atoms with van der Waals surface area (Å²) in [5.74, 6) is 5.31. The smallest absolute Gasteiger partial charge is 0.271 e. The van der Waals surface area contributed by atoms with Gasteiger partial charge in [0.25, 0.3) is 5.91 Å². The van der Waals surface area contributed by atoms with Crippen molar-refractivity contribution in [1.82, 2.24) is 15.5 Å². The first-order valence-corrected chi connectivity index (χ1v) is 6.40. The van der Waals surface area contributed by atoms with Crippen molar-refractivity contribution in [3.8, 4) is 0 Å². The van der Waals surface area contributed by atoms with E-state index in [1.807, 2.05) is 24.3 Å². The van der Waals surface area contributed by atoms with Crippen LogP contribution in [0.1, 0.15) is 16.1 Å². The Morgan fingerprint density at radius 3 is 2.50 bits per heavy atom. The maximum absolute atomic E-state index is 11.8. The van der Waals surface area contributed by atoms with Gasteiger partial charge in [-0.1, -0.05) is 23.7 Å². The molecule has 1 aromatic heterocycles. The van der Waals surface area contributed by atoms with Gasteiger partial charge in [0.2, 0.25) is 0 Å². The number of carbonyl (C=O) groups is 1. The number of hydrazine groups is 1. The number of benzene rings is 1. The van der Waals surface area contributed by atoms with Crippen LogP contribution in [0.25, 0.3) is 0 Å². The maximum Gasteiger partial charge on any atom is 0.271 e. The monoisotopic (exact) mass is 291 g/mol. The molecule has 1 aromatic carbocycles. The molecule has 1 amide bonds. The van der Waals surface area contributed by atoms with Crippen LogP contribution in [0.2, 0.25) is 5.02 Å². The molecule has 2 rings (SSSR count). The third-order valence-electron chi connectivity index (χ3n) is 2.66. The molecule has 20 heavy (non-hydrogen) atoms. The molecule has 2 aromatic rings. The zero-order chi connectivity index (χ0) is 14.4. The third kappa shape index (κ3) is 3.91. The second-order valence-electron chi connectivity index (χ2n) is 4.08. The highest BCUT2D eigenvalue weighted by Gasteiger charge is 2.07. The van der Waals surface area contributed by atoms with Gasteiger partial charge in [-0.2, -0.15) is 0 Å². The lowest BCUT2D eigenvalue weighted by molar-refractivity contribution is 0.0948. The van der Waals surface area contributed by atoms with Gasteiger partial charge in [0.05, 0.1) is 0 Å². The van der Waals surface area contributed by atoms with Crippen molar-refractivity contribution in [2.24, 2.45) is 5.84 Å². The van der Waals surface area contributed by atoms with E-state index >= 15 is 0 Å². The van der Waals surface area contributed by atoms with Gasteiger partial charge in [-0.15, -0.1) is 10.2 Å². The van der Waals surface area contributed by atoms with E-state index in [1.54, 1.807) is 12.1 Å². The topological polar surface area (TPSA) is 92.9 Å². The molecule has 0 saturated carbocycles. The van der Waals surface area contributed by atoms with Crippen molar-refractivity contribution in [3.63, 3.8) is 0 Å². The molecule has 0 bridgehead atoms. The van der Waals surface area contributed by atoms with E-state index in [9.17, 15) is 4.79 Å². The van der Waals surface area contributed by atoms with Crippen LogP contribution < -0.4 is 16.6 Å². The predicted octanol–water partition coefficient (Wildman–Crippen LogP) is 1.39. The number of nitrogens with two attached hydrogens (primary N) is 1. The van der Waals surface area contributed by atoms with Gasteiger partial charge in [0, 0.05) is 11.6 Å². The van der Waals surface area contributed by atoms with Crippen LogP contribution >= 0.6 is 11.6 Å². The molecule has 0 atom stereocenters. The van der Waals surface area contributed by atoms with Crippen molar-refractivity contribution in [1.29, 1.82) is 0 Å². The zero-order valence-electron chi connectivity index (χ0n) is 10.6. The van der Waals surface area contributed by atoms with E-state index in [0.29, 0.717) is 17.4 Å². The average molecular weight is 292 g/mol. The lowest BCUT2D eigenvalue weighted by Crippen LogP contribution is -2.27. The highest BCUT2D eigenvalue weighted by atomic mass is 35.5. The van der Waals surface area contributed by atoms with Gasteiger partial charge in [0.1, 0.15) is 0 Å². The first-order chi connectivity index (χ1) is 9.69. The number of nitrogens with zero attached hydrogens (tertiary/aromatic N) is 2. The fourth-order valence-electron chi connectivity index (χ4n) is 1.59. The largest absolute Gasteiger partial charge is 0.350 e. The Morgan fingerprint density at radius 1 is 1.15 bits per heavy atom. The number of carbonyl (C=O) groups excluding carboxylic acids is 1. The summed E-state index contributed by atoms with van der Waals surface area (Å²) in [7, 11) is 0. The predicted molar refractivity (Wildman–Crippen MR) is 77.3 cm³/mol. The molecular formula is C13H14ClN5O. The van der Waals surface area contributed by atoms with E-state index in [0.717, 1.165) is 12.0 Å². The average Bonchev–Trinajstić information content (AvgIpc) is 2.49. The maximum atomic E-state index is 11.8. The van der Waals surface area contributed by atoms with Gasteiger partial charge < -0.3 is 10.7 Å². The number of aromatic nitrogens is 2. The SMILES string of the molecule is NNc1ccc(C(=O)NCCc2ccc(Cl)cc2)nn1. The molecule has 0 aliphatic heterocycles. The molecule has 0 unspecified atom stereocenters. The van der Waals surface area contributed by atoms with Crippen molar-refractivity contribution in [2.45, 2.75) is 6.42 Å². The van der Waals surface area contributed by atoms with Gasteiger partial charge in [-0.3, -0.25) is 4.79 Å². The van der Waals surface area contributed by atoms with Crippen LogP contribution in [0, 0.1) is 0 Å². The lowest BCUT2D eigenvalue weighted by Gasteiger charge is -2.05. The van der Waals surface area contributed by atoms with Gasteiger partial charge >= 0.3 is 0 Å². The van der Waals surface area contributed by atoms with E-state index in [4.69, 9.17) is 17.4 Å². The number of hydrogen-bond donors (Lipinski definition) is 3. The Labute approximate surface area is 121 Å². The molecule has 1 heterocycles. The number of rotatable bonds is 5. The lowest BCUT2D eigenvalue weighted by atomic mass is 10.1.